The molecule has 1 aliphatic carbocycles. The predicted octanol–water partition coefficient (Wildman–Crippen LogP) is 1.03. The Morgan fingerprint density at radius 3 is 3.00 bits per heavy atom. The highest BCUT2D eigenvalue weighted by Crippen LogP contribution is 2.38. The maximum Gasteiger partial charge on any atom is 0.0807 e. The van der Waals surface area contributed by atoms with Gasteiger partial charge in [-0.3, -0.25) is 4.90 Å². The van der Waals surface area contributed by atoms with Crippen molar-refractivity contribution in [1.29, 1.82) is 0 Å². The topological polar surface area (TPSA) is 41.9 Å². The minimum Gasteiger partial charge on any atom is -0.393 e. The second-order valence-electron chi connectivity index (χ2n) is 5.94. The highest BCUT2D eigenvalue weighted by atomic mass is 16.5. The zero-order valence-corrected chi connectivity index (χ0v) is 11.3. The lowest BCUT2D eigenvalue weighted by molar-refractivity contribution is -0.204. The van der Waals surface area contributed by atoms with Crippen molar-refractivity contribution < 1.29 is 14.6 Å². The molecule has 18 heavy (non-hydrogen) atoms. The van der Waals surface area contributed by atoms with Crippen molar-refractivity contribution in [1.82, 2.24) is 4.90 Å². The quantitative estimate of drug-likeness (QED) is 0.800. The highest BCUT2D eigenvalue weighted by Gasteiger charge is 2.47. The molecule has 3 aliphatic rings. The summed E-state index contributed by atoms with van der Waals surface area (Å²) in [5.74, 6) is 0.396. The fourth-order valence-electron chi connectivity index (χ4n) is 3.89. The van der Waals surface area contributed by atoms with E-state index in [2.05, 4.69) is 11.8 Å². The van der Waals surface area contributed by atoms with Crippen LogP contribution in [0.4, 0.5) is 0 Å². The van der Waals surface area contributed by atoms with Gasteiger partial charge in [-0.1, -0.05) is 6.92 Å². The molecule has 0 aromatic carbocycles. The van der Waals surface area contributed by atoms with Crippen LogP contribution >= 0.6 is 0 Å². The predicted molar refractivity (Wildman–Crippen MR) is 68.5 cm³/mol. The van der Waals surface area contributed by atoms with Crippen molar-refractivity contribution in [2.24, 2.45) is 5.92 Å². The van der Waals surface area contributed by atoms with E-state index < -0.39 is 0 Å². The van der Waals surface area contributed by atoms with Crippen LogP contribution in [0.5, 0.6) is 0 Å². The van der Waals surface area contributed by atoms with Crippen LogP contribution in [0.2, 0.25) is 0 Å². The standard InChI is InChI=1S/C14H25NO3/c1-2-5-15-6-7-17-14-11-8-10(16)3-4-13(11)18-9-12(14)15/h10-14,16H,2-9H2,1H3/t10?,11?,12-,13?,14-/m1/s1. The normalized spacial score (nSPS) is 45.3. The van der Waals surface area contributed by atoms with Crippen molar-refractivity contribution in [2.45, 2.75) is 57.0 Å². The lowest BCUT2D eigenvalue weighted by Gasteiger charge is -2.51. The summed E-state index contributed by atoms with van der Waals surface area (Å²) in [6.45, 7) is 6.02. The number of fused-ring (bicyclic) bond motifs is 3. The van der Waals surface area contributed by atoms with Crippen LogP contribution in [0.1, 0.15) is 32.6 Å². The van der Waals surface area contributed by atoms with Crippen LogP contribution in [0.25, 0.3) is 0 Å². The zero-order chi connectivity index (χ0) is 12.5. The van der Waals surface area contributed by atoms with Crippen molar-refractivity contribution in [3.05, 3.63) is 0 Å². The summed E-state index contributed by atoms with van der Waals surface area (Å²) < 4.78 is 12.1. The summed E-state index contributed by atoms with van der Waals surface area (Å²) in [6, 6.07) is 0.408. The number of hydrogen-bond acceptors (Lipinski definition) is 4. The summed E-state index contributed by atoms with van der Waals surface area (Å²) in [4.78, 5) is 2.52. The highest BCUT2D eigenvalue weighted by molar-refractivity contribution is 4.97. The Labute approximate surface area is 109 Å². The molecule has 3 rings (SSSR count). The average Bonchev–Trinajstić information content (AvgIpc) is 2.39. The Kier molecular flexibility index (Phi) is 3.89. The summed E-state index contributed by atoms with van der Waals surface area (Å²) in [5.41, 5.74) is 0. The Morgan fingerprint density at radius 2 is 2.17 bits per heavy atom. The van der Waals surface area contributed by atoms with Gasteiger partial charge in [0, 0.05) is 12.5 Å². The van der Waals surface area contributed by atoms with E-state index in [-0.39, 0.29) is 12.2 Å². The van der Waals surface area contributed by atoms with Crippen molar-refractivity contribution in [3.8, 4) is 0 Å². The van der Waals surface area contributed by atoms with Gasteiger partial charge in [-0.25, -0.2) is 0 Å². The molecule has 5 atom stereocenters. The van der Waals surface area contributed by atoms with E-state index >= 15 is 0 Å². The monoisotopic (exact) mass is 255 g/mol. The molecule has 4 heteroatoms. The Morgan fingerprint density at radius 1 is 1.28 bits per heavy atom. The Balaban J connectivity index is 1.72. The van der Waals surface area contributed by atoms with Crippen molar-refractivity contribution in [2.75, 3.05) is 26.3 Å². The Hall–Kier alpha value is -0.160. The molecule has 3 fully saturated rings. The minimum absolute atomic E-state index is 0.154. The molecule has 2 aliphatic heterocycles. The van der Waals surface area contributed by atoms with Gasteiger partial charge in [-0.05, 0) is 32.2 Å². The zero-order valence-electron chi connectivity index (χ0n) is 11.3. The first kappa shape index (κ1) is 12.9. The third-order valence-electron chi connectivity index (χ3n) is 4.76. The van der Waals surface area contributed by atoms with Crippen molar-refractivity contribution in [3.63, 3.8) is 0 Å². The summed E-state index contributed by atoms with van der Waals surface area (Å²) >= 11 is 0. The molecule has 0 spiro atoms. The molecule has 0 aromatic rings. The number of aliphatic hydroxyl groups is 1. The van der Waals surface area contributed by atoms with E-state index in [9.17, 15) is 5.11 Å². The molecule has 0 radical (unpaired) electrons. The van der Waals surface area contributed by atoms with Gasteiger partial charge in [-0.2, -0.15) is 0 Å². The molecule has 0 bridgehead atoms. The smallest absolute Gasteiger partial charge is 0.0807 e. The van der Waals surface area contributed by atoms with E-state index in [1.165, 1.54) is 6.42 Å². The number of nitrogens with zero attached hydrogens (tertiary/aromatic N) is 1. The van der Waals surface area contributed by atoms with Crippen LogP contribution in [0.3, 0.4) is 0 Å². The van der Waals surface area contributed by atoms with E-state index in [1.54, 1.807) is 0 Å². The molecule has 1 N–H and O–H groups in total. The number of ether oxygens (including phenoxy) is 2. The number of rotatable bonds is 2. The lowest BCUT2D eigenvalue weighted by Crippen LogP contribution is -2.62. The van der Waals surface area contributed by atoms with Gasteiger partial charge >= 0.3 is 0 Å². The van der Waals surface area contributed by atoms with E-state index in [0.29, 0.717) is 18.1 Å². The van der Waals surface area contributed by atoms with Gasteiger partial charge < -0.3 is 14.6 Å². The number of morpholine rings is 1. The van der Waals surface area contributed by atoms with Crippen LogP contribution in [-0.4, -0.2) is 60.7 Å². The molecular formula is C14H25NO3. The first-order valence-corrected chi connectivity index (χ1v) is 7.45. The van der Waals surface area contributed by atoms with Gasteiger partial charge in [0.15, 0.2) is 0 Å². The van der Waals surface area contributed by atoms with Crippen molar-refractivity contribution >= 4 is 0 Å². The number of hydrogen-bond donors (Lipinski definition) is 1. The van der Waals surface area contributed by atoms with E-state index in [0.717, 1.165) is 45.6 Å². The molecule has 0 aromatic heterocycles. The van der Waals surface area contributed by atoms with Gasteiger partial charge in [-0.15, -0.1) is 0 Å². The average molecular weight is 255 g/mol. The second-order valence-corrected chi connectivity index (χ2v) is 5.94. The fraction of sp³-hybridized carbons (Fsp3) is 1.00. The van der Waals surface area contributed by atoms with Gasteiger partial charge in [0.05, 0.1) is 37.6 Å². The third kappa shape index (κ3) is 2.31. The SMILES string of the molecule is CCCN1CCO[C@@H]2C3CC(O)CCC3OC[C@H]21. The first-order chi connectivity index (χ1) is 8.79. The van der Waals surface area contributed by atoms with Crippen LogP contribution in [0.15, 0.2) is 0 Å². The molecule has 3 unspecified atom stereocenters. The third-order valence-corrected chi connectivity index (χ3v) is 4.76. The molecule has 4 nitrogen and oxygen atoms in total. The molecule has 0 amide bonds. The summed E-state index contributed by atoms with van der Waals surface area (Å²) in [6.07, 6.45) is 4.35. The number of aliphatic hydroxyl groups excluding tert-OH is 1. The van der Waals surface area contributed by atoms with E-state index in [1.807, 2.05) is 0 Å². The van der Waals surface area contributed by atoms with Gasteiger partial charge in [0.2, 0.25) is 0 Å². The molecule has 2 heterocycles. The van der Waals surface area contributed by atoms with E-state index in [4.69, 9.17) is 9.47 Å². The summed E-state index contributed by atoms with van der Waals surface area (Å²) in [7, 11) is 0. The van der Waals surface area contributed by atoms with Crippen LogP contribution < -0.4 is 0 Å². The first-order valence-electron chi connectivity index (χ1n) is 7.45. The molecule has 2 saturated heterocycles. The largest absolute Gasteiger partial charge is 0.393 e. The maximum absolute atomic E-state index is 9.88. The minimum atomic E-state index is -0.154. The molecule has 104 valence electrons. The second kappa shape index (κ2) is 5.45. The lowest BCUT2D eigenvalue weighted by atomic mass is 9.76. The molecular weight excluding hydrogens is 230 g/mol. The van der Waals surface area contributed by atoms with Crippen LogP contribution in [0, 0.1) is 5.92 Å². The Bertz CT molecular complexity index is 284. The van der Waals surface area contributed by atoms with Crippen LogP contribution in [-0.2, 0) is 9.47 Å². The van der Waals surface area contributed by atoms with Gasteiger partial charge in [0.25, 0.3) is 0 Å². The molecule has 1 saturated carbocycles. The fourth-order valence-corrected chi connectivity index (χ4v) is 3.89. The maximum atomic E-state index is 9.88. The summed E-state index contributed by atoms with van der Waals surface area (Å²) in [5, 5.41) is 9.88. The van der Waals surface area contributed by atoms with Gasteiger partial charge in [0.1, 0.15) is 0 Å².